The molecule has 2 amide bonds. The van der Waals surface area contributed by atoms with Gasteiger partial charge in [0, 0.05) is 3.58 Å². The van der Waals surface area contributed by atoms with E-state index < -0.39 is 0 Å². The van der Waals surface area contributed by atoms with Gasteiger partial charge in [-0.3, -0.25) is 4.84 Å². The molecule has 2 heterocycles. The Bertz CT molecular complexity index is 345. The van der Waals surface area contributed by atoms with E-state index in [-0.39, 0.29) is 24.7 Å². The fourth-order valence-corrected chi connectivity index (χ4v) is 2.75. The van der Waals surface area contributed by atoms with Crippen LogP contribution in [0.1, 0.15) is 0 Å². The lowest BCUT2D eigenvalue weighted by Gasteiger charge is -2.25. The van der Waals surface area contributed by atoms with E-state index in [9.17, 15) is 9.90 Å². The normalized spacial score (nSPS) is 28.4. The summed E-state index contributed by atoms with van der Waals surface area (Å²) in [6.07, 6.45) is 3.51. The first kappa shape index (κ1) is 11.9. The molecule has 0 radical (unpaired) electrons. The van der Waals surface area contributed by atoms with Crippen molar-refractivity contribution in [1.82, 2.24) is 9.96 Å². The Balaban J connectivity index is 2.18. The molecule has 2 aliphatic heterocycles. The summed E-state index contributed by atoms with van der Waals surface area (Å²) < 4.78 is 1.03. The van der Waals surface area contributed by atoms with Gasteiger partial charge in [0.05, 0.1) is 25.8 Å². The van der Waals surface area contributed by atoms with Gasteiger partial charge < -0.3 is 10.0 Å². The highest BCUT2D eigenvalue weighted by Gasteiger charge is 2.45. The highest BCUT2D eigenvalue weighted by atomic mass is 127. The van der Waals surface area contributed by atoms with Crippen LogP contribution in [0.2, 0.25) is 0 Å². The Morgan fingerprint density at radius 1 is 1.75 bits per heavy atom. The van der Waals surface area contributed by atoms with E-state index in [0.29, 0.717) is 13.2 Å². The lowest BCUT2D eigenvalue weighted by atomic mass is 10.1. The molecule has 2 atom stereocenters. The summed E-state index contributed by atoms with van der Waals surface area (Å²) in [5, 5.41) is 10.6. The van der Waals surface area contributed by atoms with E-state index in [1.807, 2.05) is 6.08 Å². The summed E-state index contributed by atoms with van der Waals surface area (Å²) in [6, 6.07) is -0.461. The average molecular weight is 336 g/mol. The summed E-state index contributed by atoms with van der Waals surface area (Å²) >= 11 is 2.18. The highest BCUT2D eigenvalue weighted by molar-refractivity contribution is 14.1. The molecule has 0 saturated carbocycles. The number of hydroxylamine groups is 2. The molecule has 2 aliphatic rings. The standard InChI is InChI=1S/C10H13IN2O3/c1-2-3-16-13-9-5-12(10(13)15)7(6-14)4-8(9)11/h2,4,7,9,14H,1,3,5-6H2/t7?,9-/m0/s1. The van der Waals surface area contributed by atoms with Crippen LogP contribution in [-0.4, -0.2) is 52.9 Å². The van der Waals surface area contributed by atoms with E-state index >= 15 is 0 Å². The zero-order chi connectivity index (χ0) is 11.7. The molecule has 6 heteroatoms. The van der Waals surface area contributed by atoms with Crippen molar-refractivity contribution in [2.45, 2.75) is 12.1 Å². The third-order valence-electron chi connectivity index (χ3n) is 2.68. The molecule has 0 aromatic heterocycles. The zero-order valence-corrected chi connectivity index (χ0v) is 10.8. The molecule has 2 bridgehead atoms. The monoisotopic (exact) mass is 336 g/mol. The molecule has 1 fully saturated rings. The van der Waals surface area contributed by atoms with Crippen molar-refractivity contribution in [2.75, 3.05) is 19.8 Å². The van der Waals surface area contributed by atoms with Crippen molar-refractivity contribution in [1.29, 1.82) is 0 Å². The molecular formula is C10H13IN2O3. The molecule has 1 saturated heterocycles. The van der Waals surface area contributed by atoms with Gasteiger partial charge in [0.25, 0.3) is 0 Å². The van der Waals surface area contributed by atoms with Gasteiger partial charge in [-0.2, -0.15) is 5.06 Å². The summed E-state index contributed by atoms with van der Waals surface area (Å²) in [7, 11) is 0. The lowest BCUT2D eigenvalue weighted by molar-refractivity contribution is -0.108. The number of rotatable bonds is 4. The van der Waals surface area contributed by atoms with Crippen molar-refractivity contribution < 1.29 is 14.7 Å². The van der Waals surface area contributed by atoms with Crippen LogP contribution in [0.4, 0.5) is 4.79 Å². The van der Waals surface area contributed by atoms with Crippen molar-refractivity contribution in [3.8, 4) is 0 Å². The number of carbonyl (C=O) groups excluding carboxylic acids is 1. The van der Waals surface area contributed by atoms with Gasteiger partial charge in [0.1, 0.15) is 6.04 Å². The first-order chi connectivity index (χ1) is 7.69. The number of fused-ring (bicyclic) bond motifs is 2. The number of carbonyl (C=O) groups is 1. The zero-order valence-electron chi connectivity index (χ0n) is 8.67. The fourth-order valence-electron chi connectivity index (χ4n) is 1.89. The van der Waals surface area contributed by atoms with Gasteiger partial charge in [-0.1, -0.05) is 6.08 Å². The van der Waals surface area contributed by atoms with Crippen molar-refractivity contribution >= 4 is 28.6 Å². The van der Waals surface area contributed by atoms with E-state index in [1.54, 1.807) is 11.0 Å². The predicted octanol–water partition coefficient (Wildman–Crippen LogP) is 0.904. The van der Waals surface area contributed by atoms with Gasteiger partial charge >= 0.3 is 6.03 Å². The van der Waals surface area contributed by atoms with Crippen LogP contribution in [-0.2, 0) is 4.84 Å². The number of urea groups is 1. The Morgan fingerprint density at radius 2 is 2.50 bits per heavy atom. The second-order valence-electron chi connectivity index (χ2n) is 3.66. The minimum absolute atomic E-state index is 0.0455. The average Bonchev–Trinajstić information content (AvgIpc) is 2.57. The molecule has 5 nitrogen and oxygen atoms in total. The van der Waals surface area contributed by atoms with Crippen LogP contribution < -0.4 is 0 Å². The molecular weight excluding hydrogens is 323 g/mol. The first-order valence-electron chi connectivity index (χ1n) is 5.00. The highest BCUT2D eigenvalue weighted by Crippen LogP contribution is 2.33. The number of aliphatic hydroxyl groups excluding tert-OH is 1. The molecule has 0 aromatic carbocycles. The predicted molar refractivity (Wildman–Crippen MR) is 66.9 cm³/mol. The van der Waals surface area contributed by atoms with Crippen LogP contribution in [0.3, 0.4) is 0 Å². The SMILES string of the molecule is C=CCON1C(=O)N2C[C@H]1C(I)=CC2CO. The maximum absolute atomic E-state index is 12.0. The van der Waals surface area contributed by atoms with Crippen molar-refractivity contribution in [2.24, 2.45) is 0 Å². The van der Waals surface area contributed by atoms with E-state index in [1.165, 1.54) is 5.06 Å². The summed E-state index contributed by atoms with van der Waals surface area (Å²) in [6.45, 7) is 4.38. The number of nitrogens with zero attached hydrogens (tertiary/aromatic N) is 2. The maximum atomic E-state index is 12.0. The number of hydrogen-bond donors (Lipinski definition) is 1. The van der Waals surface area contributed by atoms with Gasteiger partial charge in [0.15, 0.2) is 0 Å². The quantitative estimate of drug-likeness (QED) is 0.613. The molecule has 0 spiro atoms. The largest absolute Gasteiger partial charge is 0.394 e. The third-order valence-corrected chi connectivity index (χ3v) is 3.75. The molecule has 1 unspecified atom stereocenters. The second kappa shape index (κ2) is 4.72. The van der Waals surface area contributed by atoms with E-state index in [4.69, 9.17) is 4.84 Å². The van der Waals surface area contributed by atoms with Crippen LogP contribution in [0.5, 0.6) is 0 Å². The minimum atomic E-state index is -0.229. The molecule has 2 rings (SSSR count). The maximum Gasteiger partial charge on any atom is 0.345 e. The molecule has 0 aliphatic carbocycles. The van der Waals surface area contributed by atoms with Gasteiger partial charge in [0.2, 0.25) is 0 Å². The van der Waals surface area contributed by atoms with Crippen molar-refractivity contribution in [3.63, 3.8) is 0 Å². The van der Waals surface area contributed by atoms with E-state index in [2.05, 4.69) is 29.2 Å². The number of aliphatic hydroxyl groups is 1. The van der Waals surface area contributed by atoms with E-state index in [0.717, 1.165) is 3.58 Å². The topological polar surface area (TPSA) is 53.0 Å². The molecule has 16 heavy (non-hydrogen) atoms. The Hall–Kier alpha value is -0.600. The van der Waals surface area contributed by atoms with Gasteiger partial charge in [-0.05, 0) is 28.7 Å². The Kier molecular flexibility index (Phi) is 3.50. The summed E-state index contributed by atoms with van der Waals surface area (Å²) in [5.41, 5.74) is 0. The number of hydrogen-bond acceptors (Lipinski definition) is 3. The van der Waals surface area contributed by atoms with Crippen LogP contribution in [0.15, 0.2) is 22.3 Å². The second-order valence-corrected chi connectivity index (χ2v) is 4.91. The van der Waals surface area contributed by atoms with Gasteiger partial charge in [-0.25, -0.2) is 4.79 Å². The Morgan fingerprint density at radius 3 is 3.12 bits per heavy atom. The first-order valence-corrected chi connectivity index (χ1v) is 6.08. The molecule has 1 N–H and O–H groups in total. The summed E-state index contributed by atoms with van der Waals surface area (Å²) in [5.74, 6) is 0. The van der Waals surface area contributed by atoms with Crippen LogP contribution >= 0.6 is 22.6 Å². The third kappa shape index (κ3) is 1.85. The molecule has 0 aromatic rings. The van der Waals surface area contributed by atoms with Crippen LogP contribution in [0, 0.1) is 0 Å². The number of halogens is 1. The number of amides is 2. The minimum Gasteiger partial charge on any atom is -0.394 e. The Labute approximate surface area is 107 Å². The van der Waals surface area contributed by atoms with Gasteiger partial charge in [-0.15, -0.1) is 6.58 Å². The van der Waals surface area contributed by atoms with Crippen molar-refractivity contribution in [3.05, 3.63) is 22.3 Å². The fraction of sp³-hybridized carbons (Fsp3) is 0.500. The summed E-state index contributed by atoms with van der Waals surface area (Å²) in [4.78, 5) is 18.9. The lowest BCUT2D eigenvalue weighted by Crippen LogP contribution is -2.40. The van der Waals surface area contributed by atoms with Crippen LogP contribution in [0.25, 0.3) is 0 Å². The molecule has 88 valence electrons. The smallest absolute Gasteiger partial charge is 0.345 e.